The highest BCUT2D eigenvalue weighted by Crippen LogP contribution is 2.15. The monoisotopic (exact) mass is 763 g/mol. The topological polar surface area (TPSA) is 78.9 Å². The molecule has 0 aliphatic heterocycles. The SMILES string of the molecule is CCCCCCCCC/C=C\CCCCCCCC(=O)OC[C@@H](COC(=O)CCCCCCCCCCC)OC(=O)CCCCCCCCCCCCC. The molecular formula is C48H90O6. The van der Waals surface area contributed by atoms with Crippen LogP contribution in [-0.4, -0.2) is 37.2 Å². The Labute approximate surface area is 335 Å². The molecule has 0 N–H and O–H groups in total. The van der Waals surface area contributed by atoms with Crippen LogP contribution in [0.1, 0.15) is 258 Å². The lowest BCUT2D eigenvalue weighted by molar-refractivity contribution is -0.167. The highest BCUT2D eigenvalue weighted by Gasteiger charge is 2.19. The number of hydrogen-bond donors (Lipinski definition) is 0. The molecule has 0 unspecified atom stereocenters. The van der Waals surface area contributed by atoms with E-state index in [1.54, 1.807) is 0 Å². The second-order valence-corrected chi connectivity index (χ2v) is 16.0. The highest BCUT2D eigenvalue weighted by atomic mass is 16.6. The summed E-state index contributed by atoms with van der Waals surface area (Å²) >= 11 is 0. The second-order valence-electron chi connectivity index (χ2n) is 16.0. The summed E-state index contributed by atoms with van der Waals surface area (Å²) in [6, 6.07) is 0. The third kappa shape index (κ3) is 41.3. The van der Waals surface area contributed by atoms with Crippen LogP contribution < -0.4 is 0 Å². The number of carbonyl (C=O) groups is 3. The third-order valence-corrected chi connectivity index (χ3v) is 10.5. The van der Waals surface area contributed by atoms with Crippen LogP contribution in [0.5, 0.6) is 0 Å². The summed E-state index contributed by atoms with van der Waals surface area (Å²) in [6.07, 6.45) is 46.2. The molecule has 0 aliphatic rings. The molecule has 0 aromatic heterocycles. The van der Waals surface area contributed by atoms with Gasteiger partial charge in [0.25, 0.3) is 0 Å². The lowest BCUT2D eigenvalue weighted by Crippen LogP contribution is -2.30. The Bertz CT molecular complexity index is 839. The van der Waals surface area contributed by atoms with Crippen molar-refractivity contribution >= 4 is 17.9 Å². The van der Waals surface area contributed by atoms with Gasteiger partial charge in [-0.1, -0.05) is 206 Å². The zero-order valence-corrected chi connectivity index (χ0v) is 36.3. The van der Waals surface area contributed by atoms with Crippen LogP contribution in [-0.2, 0) is 28.6 Å². The largest absolute Gasteiger partial charge is 0.462 e. The number of ether oxygens (including phenoxy) is 3. The van der Waals surface area contributed by atoms with Crippen LogP contribution in [0.25, 0.3) is 0 Å². The standard InChI is InChI=1S/C48H90O6/c1-4-7-10-13-16-19-21-22-23-24-25-27-29-32-35-38-41-47(50)53-44-45(43-52-46(49)40-37-34-31-28-18-15-12-9-6-3)54-48(51)42-39-36-33-30-26-20-17-14-11-8-5-2/h23-24,45H,4-22,25-44H2,1-3H3/b24-23-/t45-/m1/s1. The summed E-state index contributed by atoms with van der Waals surface area (Å²) < 4.78 is 16.7. The van der Waals surface area contributed by atoms with Gasteiger partial charge in [-0.05, 0) is 44.9 Å². The second kappa shape index (κ2) is 43.9. The molecule has 0 saturated heterocycles. The maximum absolute atomic E-state index is 12.7. The Morgan fingerprint density at radius 3 is 0.926 bits per heavy atom. The molecule has 1 atom stereocenters. The van der Waals surface area contributed by atoms with Crippen molar-refractivity contribution in [1.82, 2.24) is 0 Å². The molecule has 0 heterocycles. The summed E-state index contributed by atoms with van der Waals surface area (Å²) in [6.45, 7) is 6.61. The Hall–Kier alpha value is -1.85. The number of allylic oxidation sites excluding steroid dienone is 2. The van der Waals surface area contributed by atoms with Gasteiger partial charge in [0.2, 0.25) is 0 Å². The van der Waals surface area contributed by atoms with Gasteiger partial charge in [0.15, 0.2) is 6.10 Å². The van der Waals surface area contributed by atoms with E-state index in [9.17, 15) is 14.4 Å². The molecule has 6 nitrogen and oxygen atoms in total. The Balaban J connectivity index is 4.30. The predicted octanol–water partition coefficient (Wildman–Crippen LogP) is 15.0. The number of hydrogen-bond acceptors (Lipinski definition) is 6. The fourth-order valence-electron chi connectivity index (χ4n) is 6.91. The van der Waals surface area contributed by atoms with Crippen molar-refractivity contribution in [3.05, 3.63) is 12.2 Å². The van der Waals surface area contributed by atoms with Gasteiger partial charge in [-0.25, -0.2) is 0 Å². The van der Waals surface area contributed by atoms with Crippen LogP contribution in [0.15, 0.2) is 12.2 Å². The minimum Gasteiger partial charge on any atom is -0.462 e. The molecular weight excluding hydrogens is 673 g/mol. The summed E-state index contributed by atoms with van der Waals surface area (Å²) in [5.41, 5.74) is 0. The van der Waals surface area contributed by atoms with E-state index in [0.29, 0.717) is 19.3 Å². The van der Waals surface area contributed by atoms with Gasteiger partial charge >= 0.3 is 17.9 Å². The van der Waals surface area contributed by atoms with Gasteiger partial charge in [-0.15, -0.1) is 0 Å². The smallest absolute Gasteiger partial charge is 0.306 e. The van der Waals surface area contributed by atoms with Crippen molar-refractivity contribution < 1.29 is 28.6 Å². The predicted molar refractivity (Wildman–Crippen MR) is 229 cm³/mol. The molecule has 0 spiro atoms. The van der Waals surface area contributed by atoms with Crippen molar-refractivity contribution in [3.8, 4) is 0 Å². The Morgan fingerprint density at radius 2 is 0.611 bits per heavy atom. The van der Waals surface area contributed by atoms with Gasteiger partial charge in [0.05, 0.1) is 0 Å². The van der Waals surface area contributed by atoms with E-state index in [4.69, 9.17) is 14.2 Å². The molecule has 6 heteroatoms. The quantitative estimate of drug-likeness (QED) is 0.0266. The maximum Gasteiger partial charge on any atom is 0.306 e. The van der Waals surface area contributed by atoms with Gasteiger partial charge in [-0.2, -0.15) is 0 Å². The lowest BCUT2D eigenvalue weighted by Gasteiger charge is -2.18. The molecule has 0 saturated carbocycles. The average molecular weight is 763 g/mol. The maximum atomic E-state index is 12.7. The molecule has 0 amide bonds. The Kier molecular flexibility index (Phi) is 42.4. The van der Waals surface area contributed by atoms with E-state index < -0.39 is 6.10 Å². The van der Waals surface area contributed by atoms with Crippen molar-refractivity contribution in [3.63, 3.8) is 0 Å². The average Bonchev–Trinajstić information content (AvgIpc) is 3.17. The van der Waals surface area contributed by atoms with E-state index in [1.165, 1.54) is 154 Å². The summed E-state index contributed by atoms with van der Waals surface area (Å²) in [5, 5.41) is 0. The minimum absolute atomic E-state index is 0.0684. The number of rotatable bonds is 43. The van der Waals surface area contributed by atoms with E-state index in [2.05, 4.69) is 32.9 Å². The molecule has 318 valence electrons. The normalized spacial score (nSPS) is 12.0. The third-order valence-electron chi connectivity index (χ3n) is 10.5. The van der Waals surface area contributed by atoms with Crippen LogP contribution in [0.2, 0.25) is 0 Å². The first-order valence-electron chi connectivity index (χ1n) is 23.7. The first-order chi connectivity index (χ1) is 26.5. The molecule has 0 aliphatic carbocycles. The van der Waals surface area contributed by atoms with E-state index in [1.807, 2.05) is 0 Å². The minimum atomic E-state index is -0.764. The van der Waals surface area contributed by atoms with Crippen LogP contribution in [0.4, 0.5) is 0 Å². The molecule has 0 bridgehead atoms. The zero-order chi connectivity index (χ0) is 39.4. The molecule has 0 fully saturated rings. The van der Waals surface area contributed by atoms with Gasteiger partial charge in [0, 0.05) is 19.3 Å². The highest BCUT2D eigenvalue weighted by molar-refractivity contribution is 5.71. The first-order valence-corrected chi connectivity index (χ1v) is 23.7. The summed E-state index contributed by atoms with van der Waals surface area (Å²) in [4.78, 5) is 37.7. The lowest BCUT2D eigenvalue weighted by atomic mass is 10.1. The van der Waals surface area contributed by atoms with Crippen LogP contribution >= 0.6 is 0 Å². The summed E-state index contributed by atoms with van der Waals surface area (Å²) in [5.74, 6) is -0.871. The fourth-order valence-corrected chi connectivity index (χ4v) is 6.91. The molecule has 0 aromatic carbocycles. The van der Waals surface area contributed by atoms with Gasteiger partial charge < -0.3 is 14.2 Å². The Morgan fingerprint density at radius 1 is 0.352 bits per heavy atom. The zero-order valence-electron chi connectivity index (χ0n) is 36.3. The van der Waals surface area contributed by atoms with E-state index in [-0.39, 0.29) is 31.1 Å². The molecule has 0 rings (SSSR count). The molecule has 0 radical (unpaired) electrons. The van der Waals surface area contributed by atoms with Gasteiger partial charge in [0.1, 0.15) is 13.2 Å². The first kappa shape index (κ1) is 52.2. The van der Waals surface area contributed by atoms with Crippen LogP contribution in [0, 0.1) is 0 Å². The van der Waals surface area contributed by atoms with E-state index in [0.717, 1.165) is 64.2 Å². The molecule has 54 heavy (non-hydrogen) atoms. The number of esters is 3. The molecule has 0 aromatic rings. The summed E-state index contributed by atoms with van der Waals surface area (Å²) in [7, 11) is 0. The van der Waals surface area contributed by atoms with E-state index >= 15 is 0 Å². The number of carbonyl (C=O) groups excluding carboxylic acids is 3. The van der Waals surface area contributed by atoms with Crippen molar-refractivity contribution in [1.29, 1.82) is 0 Å². The van der Waals surface area contributed by atoms with Crippen molar-refractivity contribution in [2.24, 2.45) is 0 Å². The van der Waals surface area contributed by atoms with Crippen molar-refractivity contribution in [2.45, 2.75) is 264 Å². The fraction of sp³-hybridized carbons (Fsp3) is 0.896. The van der Waals surface area contributed by atoms with Gasteiger partial charge in [-0.3, -0.25) is 14.4 Å². The van der Waals surface area contributed by atoms with Crippen molar-refractivity contribution in [2.75, 3.05) is 13.2 Å². The number of unbranched alkanes of at least 4 members (excludes halogenated alkanes) is 30. The van der Waals surface area contributed by atoms with Crippen LogP contribution in [0.3, 0.4) is 0 Å².